The molecule has 4 heteroatoms. The van der Waals surface area contributed by atoms with Crippen LogP contribution in [0.1, 0.15) is 43.2 Å². The van der Waals surface area contributed by atoms with Crippen molar-refractivity contribution in [1.29, 1.82) is 5.26 Å². The molecule has 0 atom stereocenters. The van der Waals surface area contributed by atoms with E-state index in [1.54, 1.807) is 24.1 Å². The van der Waals surface area contributed by atoms with Gasteiger partial charge in [0, 0.05) is 19.8 Å². The highest BCUT2D eigenvalue weighted by Crippen LogP contribution is 2.18. The molecule has 1 amide bonds. The van der Waals surface area contributed by atoms with E-state index >= 15 is 0 Å². The Hall–Kier alpha value is -1.89. The lowest BCUT2D eigenvalue weighted by Gasteiger charge is -2.23. The summed E-state index contributed by atoms with van der Waals surface area (Å²) in [5, 5.41) is 8.64. The van der Waals surface area contributed by atoms with Gasteiger partial charge in [0.2, 0.25) is 0 Å². The minimum Gasteiger partial charge on any atom is -0.342 e. The highest BCUT2D eigenvalue weighted by Gasteiger charge is 2.16. The topological polar surface area (TPSA) is 57.0 Å². The highest BCUT2D eigenvalue weighted by molar-refractivity contribution is 5.93. The Kier molecular flexibility index (Phi) is 4.43. The third-order valence-corrected chi connectivity index (χ3v) is 2.67. The van der Waals surface area contributed by atoms with E-state index in [1.807, 2.05) is 6.07 Å². The molecule has 4 nitrogen and oxygen atoms in total. The maximum atomic E-state index is 12.1. The summed E-state index contributed by atoms with van der Waals surface area (Å²) in [4.78, 5) is 17.7. The van der Waals surface area contributed by atoms with Crippen LogP contribution in [0.15, 0.2) is 18.3 Å². The van der Waals surface area contributed by atoms with Crippen molar-refractivity contribution < 1.29 is 4.79 Å². The lowest BCUT2D eigenvalue weighted by atomic mass is 9.92. The second kappa shape index (κ2) is 5.63. The number of hydrogen-bond donors (Lipinski definition) is 0. The van der Waals surface area contributed by atoms with Crippen LogP contribution in [-0.2, 0) is 0 Å². The van der Waals surface area contributed by atoms with Gasteiger partial charge in [-0.3, -0.25) is 4.79 Å². The van der Waals surface area contributed by atoms with Crippen LogP contribution in [0.5, 0.6) is 0 Å². The number of rotatable bonds is 3. The number of carbonyl (C=O) groups is 1. The summed E-state index contributed by atoms with van der Waals surface area (Å²) < 4.78 is 0. The predicted molar refractivity (Wildman–Crippen MR) is 70.0 cm³/mol. The van der Waals surface area contributed by atoms with Crippen molar-refractivity contribution in [3.63, 3.8) is 0 Å². The SMILES string of the molecule is CN(CCC(C)(C)C)C(=O)c1ccc(C#N)nc1. The molecule has 0 bridgehead atoms. The summed E-state index contributed by atoms with van der Waals surface area (Å²) in [6, 6.07) is 5.13. The molecule has 0 aliphatic heterocycles. The molecule has 0 saturated heterocycles. The van der Waals surface area contributed by atoms with Crippen LogP contribution >= 0.6 is 0 Å². The number of nitriles is 1. The van der Waals surface area contributed by atoms with Crippen LogP contribution in [-0.4, -0.2) is 29.4 Å². The maximum Gasteiger partial charge on any atom is 0.255 e. The van der Waals surface area contributed by atoms with E-state index in [1.165, 1.54) is 6.20 Å². The van der Waals surface area contributed by atoms with Crippen molar-refractivity contribution in [2.45, 2.75) is 27.2 Å². The van der Waals surface area contributed by atoms with E-state index in [0.717, 1.165) is 6.42 Å². The molecule has 0 aromatic carbocycles. The van der Waals surface area contributed by atoms with Crippen molar-refractivity contribution in [3.05, 3.63) is 29.6 Å². The molecule has 1 heterocycles. The zero-order valence-electron chi connectivity index (χ0n) is 11.4. The second-order valence-corrected chi connectivity index (χ2v) is 5.58. The van der Waals surface area contributed by atoms with Gasteiger partial charge in [-0.05, 0) is 24.0 Å². The van der Waals surface area contributed by atoms with E-state index in [-0.39, 0.29) is 11.3 Å². The van der Waals surface area contributed by atoms with E-state index in [0.29, 0.717) is 17.8 Å². The van der Waals surface area contributed by atoms with Gasteiger partial charge in [0.05, 0.1) is 5.56 Å². The molecular formula is C14H19N3O. The fourth-order valence-corrected chi connectivity index (χ4v) is 1.41. The smallest absolute Gasteiger partial charge is 0.255 e. The molecule has 1 aromatic heterocycles. The minimum absolute atomic E-state index is 0.0590. The summed E-state index contributed by atoms with van der Waals surface area (Å²) >= 11 is 0. The molecule has 0 fully saturated rings. The number of pyridine rings is 1. The second-order valence-electron chi connectivity index (χ2n) is 5.58. The fourth-order valence-electron chi connectivity index (χ4n) is 1.41. The molecule has 0 aliphatic carbocycles. The van der Waals surface area contributed by atoms with Gasteiger partial charge in [0.15, 0.2) is 0 Å². The maximum absolute atomic E-state index is 12.1. The Morgan fingerprint density at radius 1 is 1.44 bits per heavy atom. The quantitative estimate of drug-likeness (QED) is 0.822. The molecular weight excluding hydrogens is 226 g/mol. The zero-order chi connectivity index (χ0) is 13.8. The van der Waals surface area contributed by atoms with Crippen molar-refractivity contribution in [1.82, 2.24) is 9.88 Å². The van der Waals surface area contributed by atoms with Gasteiger partial charge >= 0.3 is 0 Å². The van der Waals surface area contributed by atoms with Gasteiger partial charge in [0.25, 0.3) is 5.91 Å². The Labute approximate surface area is 108 Å². The van der Waals surface area contributed by atoms with Gasteiger partial charge < -0.3 is 4.90 Å². The Bertz CT molecular complexity index is 451. The van der Waals surface area contributed by atoms with Crippen LogP contribution in [0.2, 0.25) is 0 Å². The summed E-state index contributed by atoms with van der Waals surface area (Å²) in [7, 11) is 1.78. The van der Waals surface area contributed by atoms with E-state index in [4.69, 9.17) is 5.26 Å². The Morgan fingerprint density at radius 2 is 2.11 bits per heavy atom. The molecule has 96 valence electrons. The Morgan fingerprint density at radius 3 is 2.56 bits per heavy atom. The average molecular weight is 245 g/mol. The van der Waals surface area contributed by atoms with Crippen molar-refractivity contribution >= 4 is 5.91 Å². The number of nitrogens with zero attached hydrogens (tertiary/aromatic N) is 3. The highest BCUT2D eigenvalue weighted by atomic mass is 16.2. The molecule has 1 aromatic rings. The number of carbonyl (C=O) groups excluding carboxylic acids is 1. The van der Waals surface area contributed by atoms with Gasteiger partial charge in [-0.15, -0.1) is 0 Å². The van der Waals surface area contributed by atoms with Crippen LogP contribution in [0, 0.1) is 16.7 Å². The number of aromatic nitrogens is 1. The first-order chi connectivity index (χ1) is 8.33. The lowest BCUT2D eigenvalue weighted by Crippen LogP contribution is -2.30. The molecule has 0 N–H and O–H groups in total. The molecule has 0 saturated carbocycles. The van der Waals surface area contributed by atoms with Gasteiger partial charge in [-0.2, -0.15) is 5.26 Å². The normalized spacial score (nSPS) is 10.8. The summed E-state index contributed by atoms with van der Waals surface area (Å²) in [5.41, 5.74) is 1.05. The monoisotopic (exact) mass is 245 g/mol. The summed E-state index contributed by atoms with van der Waals surface area (Å²) in [5.74, 6) is -0.0590. The van der Waals surface area contributed by atoms with E-state index in [2.05, 4.69) is 25.8 Å². The largest absolute Gasteiger partial charge is 0.342 e. The third-order valence-electron chi connectivity index (χ3n) is 2.67. The first-order valence-corrected chi connectivity index (χ1v) is 5.95. The first kappa shape index (κ1) is 14.2. The van der Waals surface area contributed by atoms with Gasteiger partial charge in [0.1, 0.15) is 11.8 Å². The van der Waals surface area contributed by atoms with Crippen LogP contribution in [0.3, 0.4) is 0 Å². The molecule has 0 aliphatic rings. The third kappa shape index (κ3) is 4.17. The van der Waals surface area contributed by atoms with Crippen LogP contribution < -0.4 is 0 Å². The lowest BCUT2D eigenvalue weighted by molar-refractivity contribution is 0.0780. The first-order valence-electron chi connectivity index (χ1n) is 5.95. The van der Waals surface area contributed by atoms with Crippen molar-refractivity contribution in [2.24, 2.45) is 5.41 Å². The van der Waals surface area contributed by atoms with Gasteiger partial charge in [-0.1, -0.05) is 20.8 Å². The molecule has 1 rings (SSSR count). The van der Waals surface area contributed by atoms with Gasteiger partial charge in [-0.25, -0.2) is 4.98 Å². The predicted octanol–water partition coefficient (Wildman–Crippen LogP) is 2.46. The number of amides is 1. The number of hydrogen-bond acceptors (Lipinski definition) is 3. The van der Waals surface area contributed by atoms with Crippen molar-refractivity contribution in [3.8, 4) is 6.07 Å². The standard InChI is InChI=1S/C14H19N3O/c1-14(2,3)7-8-17(4)13(18)11-5-6-12(9-15)16-10-11/h5-6,10H,7-8H2,1-4H3. The van der Waals surface area contributed by atoms with Crippen molar-refractivity contribution in [2.75, 3.05) is 13.6 Å². The molecule has 0 unspecified atom stereocenters. The van der Waals surface area contributed by atoms with Crippen LogP contribution in [0.4, 0.5) is 0 Å². The van der Waals surface area contributed by atoms with E-state index < -0.39 is 0 Å². The molecule has 0 radical (unpaired) electrons. The minimum atomic E-state index is -0.0590. The average Bonchev–Trinajstić information content (AvgIpc) is 2.34. The zero-order valence-corrected chi connectivity index (χ0v) is 11.4. The fraction of sp³-hybridized carbons (Fsp3) is 0.500. The summed E-state index contributed by atoms with van der Waals surface area (Å²) in [6.45, 7) is 7.15. The Balaban J connectivity index is 2.66. The van der Waals surface area contributed by atoms with E-state index in [9.17, 15) is 4.79 Å². The molecule has 18 heavy (non-hydrogen) atoms. The summed E-state index contributed by atoms with van der Waals surface area (Å²) in [6.07, 6.45) is 2.40. The van der Waals surface area contributed by atoms with Crippen LogP contribution in [0.25, 0.3) is 0 Å². The molecule has 0 spiro atoms.